The minimum absolute atomic E-state index is 0.623. The van der Waals surface area contributed by atoms with E-state index in [2.05, 4.69) is 66.3 Å². The van der Waals surface area contributed by atoms with Crippen LogP contribution in [0.2, 0.25) is 0 Å². The molecule has 4 rings (SSSR count). The summed E-state index contributed by atoms with van der Waals surface area (Å²) in [4.78, 5) is 10.2. The predicted octanol–water partition coefficient (Wildman–Crippen LogP) is 4.86. The summed E-state index contributed by atoms with van der Waals surface area (Å²) in [5.41, 5.74) is 5.95. The monoisotopic (exact) mass is 376 g/mol. The molecule has 0 spiro atoms. The number of benzene rings is 2. The molecule has 5 heteroatoms. The fourth-order valence-corrected chi connectivity index (χ4v) is 4.11. The fraction of sp³-hybridized carbons (Fsp3) is 0.348. The van der Waals surface area contributed by atoms with E-state index in [4.69, 9.17) is 4.74 Å². The summed E-state index contributed by atoms with van der Waals surface area (Å²) in [6.07, 6.45) is 3.02. The van der Waals surface area contributed by atoms with Gasteiger partial charge in [0, 0.05) is 46.2 Å². The van der Waals surface area contributed by atoms with E-state index in [-0.39, 0.29) is 0 Å². The number of hydrogen-bond acceptors (Lipinski definition) is 4. The maximum atomic E-state index is 5.31. The number of H-pyrrole nitrogens is 1. The van der Waals surface area contributed by atoms with Crippen LogP contribution in [0.1, 0.15) is 17.5 Å². The van der Waals surface area contributed by atoms with Crippen molar-refractivity contribution in [3.8, 4) is 5.88 Å². The van der Waals surface area contributed by atoms with Crippen LogP contribution < -0.4 is 10.1 Å². The molecule has 2 aromatic heterocycles. The molecule has 0 amide bonds. The van der Waals surface area contributed by atoms with E-state index in [0.29, 0.717) is 5.88 Å². The van der Waals surface area contributed by atoms with Gasteiger partial charge in [0.25, 0.3) is 0 Å². The number of pyridine rings is 1. The molecule has 146 valence electrons. The van der Waals surface area contributed by atoms with E-state index < -0.39 is 0 Å². The van der Waals surface area contributed by atoms with Crippen LogP contribution in [-0.2, 0) is 0 Å². The Morgan fingerprint density at radius 3 is 2.61 bits per heavy atom. The van der Waals surface area contributed by atoms with E-state index >= 15 is 0 Å². The Kier molecular flexibility index (Phi) is 4.85. The molecule has 2 heterocycles. The smallest absolute Gasteiger partial charge is 0.215 e. The molecule has 0 aliphatic rings. The van der Waals surface area contributed by atoms with Crippen molar-refractivity contribution in [2.75, 3.05) is 39.6 Å². The van der Waals surface area contributed by atoms with E-state index in [9.17, 15) is 0 Å². The quantitative estimate of drug-likeness (QED) is 0.472. The van der Waals surface area contributed by atoms with Crippen molar-refractivity contribution >= 4 is 38.3 Å². The lowest BCUT2D eigenvalue weighted by molar-refractivity contribution is 0.398. The van der Waals surface area contributed by atoms with Gasteiger partial charge in [-0.05, 0) is 69.6 Å². The number of aromatic amines is 1. The highest BCUT2D eigenvalue weighted by Crippen LogP contribution is 2.39. The molecule has 0 saturated carbocycles. The number of anilines is 1. The van der Waals surface area contributed by atoms with Gasteiger partial charge in [0.2, 0.25) is 5.88 Å². The Balaban J connectivity index is 1.94. The molecule has 0 bridgehead atoms. The molecule has 0 aliphatic carbocycles. The number of nitrogens with one attached hydrogen (secondary N) is 2. The molecule has 0 saturated heterocycles. The third-order valence-electron chi connectivity index (χ3n) is 5.41. The predicted molar refractivity (Wildman–Crippen MR) is 119 cm³/mol. The number of hydrogen-bond donors (Lipinski definition) is 2. The Bertz CT molecular complexity index is 1160. The summed E-state index contributed by atoms with van der Waals surface area (Å²) < 4.78 is 5.31. The fourth-order valence-electron chi connectivity index (χ4n) is 4.11. The average molecular weight is 377 g/mol. The van der Waals surface area contributed by atoms with Gasteiger partial charge < -0.3 is 19.9 Å². The van der Waals surface area contributed by atoms with E-state index in [1.807, 2.05) is 12.3 Å². The zero-order valence-corrected chi connectivity index (χ0v) is 17.3. The van der Waals surface area contributed by atoms with Gasteiger partial charge in [-0.25, -0.2) is 4.98 Å². The van der Waals surface area contributed by atoms with Gasteiger partial charge in [-0.1, -0.05) is 6.07 Å². The average Bonchev–Trinajstić information content (AvgIpc) is 3.03. The second-order valence-corrected chi connectivity index (χ2v) is 7.78. The molecular weight excluding hydrogens is 348 g/mol. The first-order valence-electron chi connectivity index (χ1n) is 9.76. The molecule has 28 heavy (non-hydrogen) atoms. The molecule has 0 unspecified atom stereocenters. The van der Waals surface area contributed by atoms with E-state index in [1.54, 1.807) is 7.11 Å². The number of ether oxygens (including phenoxy) is 1. The number of fused-ring (bicyclic) bond motifs is 5. The number of aryl methyl sites for hydroxylation is 2. The zero-order chi connectivity index (χ0) is 19.8. The maximum absolute atomic E-state index is 5.31. The molecule has 5 nitrogen and oxygen atoms in total. The van der Waals surface area contributed by atoms with Gasteiger partial charge in [-0.15, -0.1) is 0 Å². The second kappa shape index (κ2) is 7.32. The Morgan fingerprint density at radius 2 is 1.86 bits per heavy atom. The van der Waals surface area contributed by atoms with Gasteiger partial charge >= 0.3 is 0 Å². The van der Waals surface area contributed by atoms with Crippen LogP contribution in [0.5, 0.6) is 5.88 Å². The van der Waals surface area contributed by atoms with Crippen LogP contribution in [0, 0.1) is 13.8 Å². The molecule has 2 N–H and O–H groups in total. The van der Waals surface area contributed by atoms with Crippen molar-refractivity contribution in [2.45, 2.75) is 20.3 Å². The van der Waals surface area contributed by atoms with Gasteiger partial charge in [-0.2, -0.15) is 0 Å². The largest absolute Gasteiger partial charge is 0.481 e. The molecular formula is C23H28N4O. The summed E-state index contributed by atoms with van der Waals surface area (Å²) in [6.45, 7) is 6.39. The minimum atomic E-state index is 0.623. The van der Waals surface area contributed by atoms with Crippen molar-refractivity contribution in [3.63, 3.8) is 0 Å². The minimum Gasteiger partial charge on any atom is -0.481 e. The lowest BCUT2D eigenvalue weighted by Gasteiger charge is -2.16. The van der Waals surface area contributed by atoms with Crippen LogP contribution in [0.25, 0.3) is 32.6 Å². The van der Waals surface area contributed by atoms with Gasteiger partial charge in [0.05, 0.1) is 12.6 Å². The number of rotatable bonds is 6. The van der Waals surface area contributed by atoms with Crippen molar-refractivity contribution in [1.82, 2.24) is 14.9 Å². The number of methoxy groups -OCH3 is 1. The maximum Gasteiger partial charge on any atom is 0.215 e. The first-order chi connectivity index (χ1) is 13.5. The van der Waals surface area contributed by atoms with Crippen LogP contribution in [0.4, 0.5) is 5.69 Å². The summed E-state index contributed by atoms with van der Waals surface area (Å²) >= 11 is 0. The van der Waals surface area contributed by atoms with Crippen LogP contribution in [0.15, 0.2) is 30.5 Å². The van der Waals surface area contributed by atoms with Crippen LogP contribution in [-0.4, -0.2) is 49.2 Å². The summed E-state index contributed by atoms with van der Waals surface area (Å²) in [5, 5.41) is 8.63. The molecule has 2 aromatic carbocycles. The lowest BCUT2D eigenvalue weighted by Crippen LogP contribution is -2.16. The van der Waals surface area contributed by atoms with Crippen molar-refractivity contribution in [3.05, 3.63) is 41.6 Å². The molecule has 4 aromatic rings. The highest BCUT2D eigenvalue weighted by atomic mass is 16.5. The Morgan fingerprint density at radius 1 is 1.04 bits per heavy atom. The van der Waals surface area contributed by atoms with E-state index in [1.165, 1.54) is 33.0 Å². The van der Waals surface area contributed by atoms with Crippen molar-refractivity contribution in [1.29, 1.82) is 0 Å². The molecule has 0 fully saturated rings. The lowest BCUT2D eigenvalue weighted by atomic mass is 9.95. The number of aromatic nitrogens is 2. The standard InChI is InChI=1S/C23H28N4O/c1-14-7-8-17(24-9-6-10-27(3)4)23-21(14)15(2)11-19-22(23)16-13-25-20(28-5)12-18(16)26-19/h7-8,11-13,24,26H,6,9-10H2,1-5H3. The summed E-state index contributed by atoms with van der Waals surface area (Å²) in [7, 11) is 5.87. The molecule has 0 radical (unpaired) electrons. The second-order valence-electron chi connectivity index (χ2n) is 7.78. The van der Waals surface area contributed by atoms with Gasteiger partial charge in [-0.3, -0.25) is 0 Å². The Labute approximate surface area is 165 Å². The third-order valence-corrected chi connectivity index (χ3v) is 5.41. The Hall–Kier alpha value is -2.79. The first kappa shape index (κ1) is 18.6. The van der Waals surface area contributed by atoms with Gasteiger partial charge in [0.1, 0.15) is 0 Å². The zero-order valence-electron chi connectivity index (χ0n) is 17.3. The first-order valence-corrected chi connectivity index (χ1v) is 9.76. The van der Waals surface area contributed by atoms with E-state index in [0.717, 1.165) is 35.9 Å². The summed E-state index contributed by atoms with van der Waals surface area (Å²) in [6, 6.07) is 8.64. The molecule has 0 aliphatic heterocycles. The van der Waals surface area contributed by atoms with Gasteiger partial charge in [0.15, 0.2) is 0 Å². The number of nitrogens with zero attached hydrogens (tertiary/aromatic N) is 2. The van der Waals surface area contributed by atoms with Crippen LogP contribution >= 0.6 is 0 Å². The highest BCUT2D eigenvalue weighted by Gasteiger charge is 2.15. The third kappa shape index (κ3) is 3.16. The summed E-state index contributed by atoms with van der Waals surface area (Å²) in [5.74, 6) is 0.623. The molecule has 0 atom stereocenters. The van der Waals surface area contributed by atoms with Crippen molar-refractivity contribution < 1.29 is 4.74 Å². The topological polar surface area (TPSA) is 53.2 Å². The normalized spacial score (nSPS) is 11.8. The highest BCUT2D eigenvalue weighted by molar-refractivity contribution is 6.24. The SMILES string of the molecule is COc1cc2[nH]c3cc(C)c4c(C)ccc(NCCCN(C)C)c4c3c2cn1. The van der Waals surface area contributed by atoms with Crippen molar-refractivity contribution in [2.24, 2.45) is 0 Å². The van der Waals surface area contributed by atoms with Crippen LogP contribution in [0.3, 0.4) is 0 Å².